The van der Waals surface area contributed by atoms with Gasteiger partial charge in [0.05, 0.1) is 16.7 Å². The number of pyridine rings is 2. The first-order valence-corrected chi connectivity index (χ1v) is 12.8. The number of nitrogens with one attached hydrogen (secondary N) is 3. The van der Waals surface area contributed by atoms with Gasteiger partial charge in [0.15, 0.2) is 22.3 Å². The Kier molecular flexibility index (Phi) is 5.77. The van der Waals surface area contributed by atoms with E-state index in [0.717, 1.165) is 55.5 Å². The van der Waals surface area contributed by atoms with E-state index in [-0.39, 0.29) is 5.13 Å². The third-order valence-electron chi connectivity index (χ3n) is 6.38. The average molecular weight is 510 g/mol. The Balaban J connectivity index is 1.39. The van der Waals surface area contributed by atoms with E-state index in [1.807, 2.05) is 37.3 Å². The van der Waals surface area contributed by atoms with E-state index in [1.54, 1.807) is 18.3 Å². The summed E-state index contributed by atoms with van der Waals surface area (Å²) >= 11 is 1.08. The van der Waals surface area contributed by atoms with Crippen LogP contribution in [0.1, 0.15) is 25.5 Å². The summed E-state index contributed by atoms with van der Waals surface area (Å²) in [5.41, 5.74) is 7.77. The van der Waals surface area contributed by atoms with Crippen molar-refractivity contribution in [3.63, 3.8) is 0 Å². The number of aromatic nitrogens is 6. The molecule has 6 rings (SSSR count). The number of thiophene rings is 1. The van der Waals surface area contributed by atoms with Crippen LogP contribution in [0.4, 0.5) is 4.39 Å². The topological polar surface area (TPSA) is 95.2 Å². The molecule has 0 spiro atoms. The van der Waals surface area contributed by atoms with E-state index in [9.17, 15) is 4.39 Å². The Morgan fingerprint density at radius 3 is 2.78 bits per heavy atom. The molecule has 0 unspecified atom stereocenters. The van der Waals surface area contributed by atoms with Crippen LogP contribution in [0.25, 0.3) is 49.7 Å². The number of aromatic amines is 2. The van der Waals surface area contributed by atoms with Gasteiger partial charge >= 0.3 is 0 Å². The maximum atomic E-state index is 13.7. The Morgan fingerprint density at radius 1 is 1.19 bits per heavy atom. The third kappa shape index (κ3) is 4.38. The zero-order valence-electron chi connectivity index (χ0n) is 20.2. The highest BCUT2D eigenvalue weighted by Crippen LogP contribution is 2.35. The minimum absolute atomic E-state index is 0.241. The second-order valence-corrected chi connectivity index (χ2v) is 9.92. The monoisotopic (exact) mass is 509 g/mol. The molecule has 0 bridgehead atoms. The lowest BCUT2D eigenvalue weighted by molar-refractivity contribution is 0.657. The quantitative estimate of drug-likeness (QED) is 0.201. The zero-order valence-corrected chi connectivity index (χ0v) is 21.0. The summed E-state index contributed by atoms with van der Waals surface area (Å²) in [4.78, 5) is 18.1. The molecule has 1 saturated carbocycles. The number of allylic oxidation sites excluding steroid dienone is 5. The predicted octanol–water partition coefficient (Wildman–Crippen LogP) is 6.75. The molecule has 5 heterocycles. The maximum absolute atomic E-state index is 13.7. The van der Waals surface area contributed by atoms with Gasteiger partial charge in [-0.25, -0.2) is 15.0 Å². The van der Waals surface area contributed by atoms with E-state index in [2.05, 4.69) is 43.6 Å². The summed E-state index contributed by atoms with van der Waals surface area (Å²) in [5.74, 6) is 1.08. The molecule has 9 heteroatoms. The molecular formula is C28H24FN7S. The highest BCUT2D eigenvalue weighted by atomic mass is 32.1. The molecule has 0 atom stereocenters. The molecule has 184 valence electrons. The van der Waals surface area contributed by atoms with Crippen LogP contribution in [0.15, 0.2) is 79.3 Å². The Hall–Kier alpha value is -4.37. The lowest BCUT2D eigenvalue weighted by atomic mass is 10.1. The fourth-order valence-electron chi connectivity index (χ4n) is 4.25. The van der Waals surface area contributed by atoms with Crippen molar-refractivity contribution in [2.24, 2.45) is 5.92 Å². The lowest BCUT2D eigenvalue weighted by Gasteiger charge is -2.11. The molecule has 0 amide bonds. The van der Waals surface area contributed by atoms with Crippen molar-refractivity contribution in [3.05, 3.63) is 90.1 Å². The first-order chi connectivity index (χ1) is 18.0. The van der Waals surface area contributed by atoms with Gasteiger partial charge in [-0.1, -0.05) is 19.2 Å². The number of rotatable bonds is 8. The van der Waals surface area contributed by atoms with Crippen molar-refractivity contribution in [2.45, 2.75) is 19.8 Å². The molecule has 3 N–H and O–H groups in total. The average Bonchev–Trinajstić information content (AvgIpc) is 3.32. The smallest absolute Gasteiger partial charge is 0.178 e. The minimum atomic E-state index is -0.241. The number of H-pyrrole nitrogens is 2. The van der Waals surface area contributed by atoms with Gasteiger partial charge in [0.2, 0.25) is 0 Å². The molecule has 5 aromatic heterocycles. The molecule has 1 aliphatic rings. The van der Waals surface area contributed by atoms with E-state index in [0.29, 0.717) is 28.6 Å². The molecule has 5 aromatic rings. The number of nitrogens with zero attached hydrogens (tertiary/aromatic N) is 4. The minimum Gasteiger partial charge on any atom is -0.359 e. The van der Waals surface area contributed by atoms with Crippen LogP contribution >= 0.6 is 11.3 Å². The number of fused-ring (bicyclic) bond motifs is 2. The van der Waals surface area contributed by atoms with Gasteiger partial charge in [-0.05, 0) is 73.7 Å². The van der Waals surface area contributed by atoms with Crippen LogP contribution in [0.5, 0.6) is 0 Å². The fourth-order valence-corrected chi connectivity index (χ4v) is 5.01. The lowest BCUT2D eigenvalue weighted by Crippen LogP contribution is -2.11. The van der Waals surface area contributed by atoms with Crippen molar-refractivity contribution < 1.29 is 4.39 Å². The Labute approximate surface area is 216 Å². The van der Waals surface area contributed by atoms with Gasteiger partial charge in [0.1, 0.15) is 5.52 Å². The van der Waals surface area contributed by atoms with E-state index >= 15 is 0 Å². The number of hydrogen-bond acceptors (Lipinski definition) is 6. The Bertz CT molecular complexity index is 1730. The highest BCUT2D eigenvalue weighted by molar-refractivity contribution is 7.14. The van der Waals surface area contributed by atoms with Crippen LogP contribution in [-0.4, -0.2) is 30.1 Å². The maximum Gasteiger partial charge on any atom is 0.178 e. The molecule has 0 saturated heterocycles. The first-order valence-electron chi connectivity index (χ1n) is 12.0. The molecule has 1 fully saturated rings. The van der Waals surface area contributed by atoms with Crippen LogP contribution in [0, 0.1) is 11.0 Å². The van der Waals surface area contributed by atoms with Crippen LogP contribution in [-0.2, 0) is 0 Å². The summed E-state index contributed by atoms with van der Waals surface area (Å²) in [6.45, 7) is 10.1. The summed E-state index contributed by atoms with van der Waals surface area (Å²) in [6.07, 6.45) is 9.85. The van der Waals surface area contributed by atoms with Crippen LogP contribution in [0.3, 0.4) is 0 Å². The molecule has 37 heavy (non-hydrogen) atoms. The second-order valence-electron chi connectivity index (χ2n) is 8.88. The third-order valence-corrected chi connectivity index (χ3v) is 7.28. The summed E-state index contributed by atoms with van der Waals surface area (Å²) in [7, 11) is 0. The van der Waals surface area contributed by atoms with Gasteiger partial charge in [-0.3, -0.25) is 5.10 Å². The molecule has 0 aliphatic heterocycles. The van der Waals surface area contributed by atoms with E-state index in [1.165, 1.54) is 18.9 Å². The number of halogens is 1. The number of hydrogen-bond donors (Lipinski definition) is 3. The van der Waals surface area contributed by atoms with Crippen LogP contribution < -0.4 is 5.32 Å². The van der Waals surface area contributed by atoms with Crippen LogP contribution in [0.2, 0.25) is 0 Å². The first kappa shape index (κ1) is 23.1. The van der Waals surface area contributed by atoms with Gasteiger partial charge < -0.3 is 10.3 Å². The van der Waals surface area contributed by atoms with Gasteiger partial charge in [0.25, 0.3) is 0 Å². The van der Waals surface area contributed by atoms with E-state index < -0.39 is 0 Å². The molecule has 0 radical (unpaired) electrons. The largest absolute Gasteiger partial charge is 0.359 e. The summed E-state index contributed by atoms with van der Waals surface area (Å²) in [5, 5.41) is 10.7. The summed E-state index contributed by atoms with van der Waals surface area (Å²) in [6, 6.07) is 8.97. The fraction of sp³-hybridized carbons (Fsp3) is 0.143. The molecular weight excluding hydrogens is 485 g/mol. The highest BCUT2D eigenvalue weighted by Gasteiger charge is 2.24. The SMILES string of the molecule is C=C/C(=C\C(=C/C)c1ccc2[nH]nc(-c3nc4nccc(-c5ccc(F)s5)c4[nH]3)c2n1)NC(=C)C1CC1. The molecule has 0 aromatic carbocycles. The van der Waals surface area contributed by atoms with Gasteiger partial charge in [-0.15, -0.1) is 11.3 Å². The van der Waals surface area contributed by atoms with Crippen molar-refractivity contribution in [1.82, 2.24) is 35.5 Å². The van der Waals surface area contributed by atoms with Crippen molar-refractivity contribution >= 4 is 39.1 Å². The Morgan fingerprint density at radius 2 is 2.05 bits per heavy atom. The van der Waals surface area contributed by atoms with Gasteiger partial charge in [-0.2, -0.15) is 9.49 Å². The second kappa shape index (κ2) is 9.25. The standard InChI is InChI=1S/C28H24FN7S/c1-4-16(14-18(5-2)31-15(3)17-6-7-17)20-8-9-21-25(32-20)26(36-35-21)28-33-24-19(12-13-30-27(24)34-28)22-10-11-23(29)37-22/h4-5,8-14,17,31H,2-3,6-7H2,1H3,(H,35,36)(H,30,33,34)/b16-4+,18-14+. The number of imidazole rings is 1. The van der Waals surface area contributed by atoms with Crippen molar-refractivity contribution in [3.8, 4) is 22.0 Å². The summed E-state index contributed by atoms with van der Waals surface area (Å²) < 4.78 is 13.7. The van der Waals surface area contributed by atoms with Crippen molar-refractivity contribution in [1.29, 1.82) is 0 Å². The molecule has 1 aliphatic carbocycles. The van der Waals surface area contributed by atoms with E-state index in [4.69, 9.17) is 4.98 Å². The predicted molar refractivity (Wildman–Crippen MR) is 147 cm³/mol. The zero-order chi connectivity index (χ0) is 25.5. The normalized spacial score (nSPS) is 14.4. The van der Waals surface area contributed by atoms with Crippen molar-refractivity contribution in [2.75, 3.05) is 0 Å². The molecule has 7 nitrogen and oxygen atoms in total. The van der Waals surface area contributed by atoms with Gasteiger partial charge in [0, 0.05) is 28.0 Å².